The Labute approximate surface area is 151 Å². The van der Waals surface area contributed by atoms with Crippen molar-refractivity contribution in [1.29, 1.82) is 0 Å². The number of hydrogen-bond acceptors (Lipinski definition) is 4. The number of ether oxygens (including phenoxy) is 1. The number of nitrogens with zero attached hydrogens (tertiary/aromatic N) is 1. The Hall–Kier alpha value is -1.21. The molecule has 0 saturated carbocycles. The monoisotopic (exact) mass is 364 g/mol. The normalized spacial score (nSPS) is 21.8. The smallest absolute Gasteiger partial charge is 0.233 e. The SMILES string of the molecule is O=S(=O)(/C=C/c1ccccc1)NCC1CCN(C2CCOCC2)CC1. The molecule has 0 aromatic heterocycles. The summed E-state index contributed by atoms with van der Waals surface area (Å²) < 4.78 is 32.4. The highest BCUT2D eigenvalue weighted by molar-refractivity contribution is 7.92. The average Bonchev–Trinajstić information content (AvgIpc) is 2.67. The first-order chi connectivity index (χ1) is 12.1. The van der Waals surface area contributed by atoms with Gasteiger partial charge in [-0.3, -0.25) is 0 Å². The third-order valence-electron chi connectivity index (χ3n) is 5.17. The standard InChI is InChI=1S/C19H28N2O3S/c22-25(23,15-10-17-4-2-1-3-5-17)20-16-18-6-11-21(12-7-18)19-8-13-24-14-9-19/h1-5,10,15,18-20H,6-9,11-14,16H2/b15-10+. The van der Waals surface area contributed by atoms with Crippen LogP contribution in [0, 0.1) is 5.92 Å². The number of hydrogen-bond donors (Lipinski definition) is 1. The minimum absolute atomic E-state index is 0.427. The van der Waals surface area contributed by atoms with Gasteiger partial charge >= 0.3 is 0 Å². The molecule has 0 amide bonds. The predicted molar refractivity (Wildman–Crippen MR) is 101 cm³/mol. The van der Waals surface area contributed by atoms with E-state index in [1.165, 1.54) is 5.41 Å². The van der Waals surface area contributed by atoms with Crippen molar-refractivity contribution in [2.75, 3.05) is 32.8 Å². The van der Waals surface area contributed by atoms with Crippen molar-refractivity contribution >= 4 is 16.1 Å². The molecule has 2 aliphatic rings. The van der Waals surface area contributed by atoms with E-state index in [2.05, 4.69) is 9.62 Å². The lowest BCUT2D eigenvalue weighted by Crippen LogP contribution is -2.45. The minimum Gasteiger partial charge on any atom is -0.381 e. The molecule has 25 heavy (non-hydrogen) atoms. The molecule has 2 fully saturated rings. The van der Waals surface area contributed by atoms with Gasteiger partial charge in [-0.2, -0.15) is 0 Å². The molecule has 3 rings (SSSR count). The van der Waals surface area contributed by atoms with Crippen molar-refractivity contribution in [2.45, 2.75) is 31.7 Å². The van der Waals surface area contributed by atoms with Gasteiger partial charge in [0.05, 0.1) is 0 Å². The van der Waals surface area contributed by atoms with Crippen molar-refractivity contribution < 1.29 is 13.2 Å². The molecule has 2 aliphatic heterocycles. The lowest BCUT2D eigenvalue weighted by Gasteiger charge is -2.39. The molecule has 0 atom stereocenters. The van der Waals surface area contributed by atoms with Crippen LogP contribution in [0.4, 0.5) is 0 Å². The van der Waals surface area contributed by atoms with Crippen LogP contribution in [0.25, 0.3) is 6.08 Å². The fourth-order valence-corrected chi connectivity index (χ4v) is 4.49. The summed E-state index contributed by atoms with van der Waals surface area (Å²) in [5.41, 5.74) is 0.887. The number of sulfonamides is 1. The van der Waals surface area contributed by atoms with E-state index < -0.39 is 10.0 Å². The number of nitrogens with one attached hydrogen (secondary N) is 1. The lowest BCUT2D eigenvalue weighted by molar-refractivity contribution is 0.0214. The van der Waals surface area contributed by atoms with Crippen molar-refractivity contribution in [3.8, 4) is 0 Å². The Morgan fingerprint density at radius 1 is 1.08 bits per heavy atom. The van der Waals surface area contributed by atoms with E-state index in [-0.39, 0.29) is 0 Å². The van der Waals surface area contributed by atoms with Crippen molar-refractivity contribution in [1.82, 2.24) is 9.62 Å². The molecule has 6 heteroatoms. The van der Waals surface area contributed by atoms with Gasteiger partial charge in [0.25, 0.3) is 0 Å². The van der Waals surface area contributed by atoms with E-state index in [1.54, 1.807) is 6.08 Å². The fourth-order valence-electron chi connectivity index (χ4n) is 3.59. The quantitative estimate of drug-likeness (QED) is 0.842. The maximum Gasteiger partial charge on any atom is 0.233 e. The van der Waals surface area contributed by atoms with Gasteiger partial charge in [-0.25, -0.2) is 13.1 Å². The molecule has 2 heterocycles. The van der Waals surface area contributed by atoms with Crippen LogP contribution in [0.15, 0.2) is 35.7 Å². The summed E-state index contributed by atoms with van der Waals surface area (Å²) in [6.07, 6.45) is 6.00. The van der Waals surface area contributed by atoms with Crippen LogP contribution in [0.1, 0.15) is 31.2 Å². The van der Waals surface area contributed by atoms with Crippen molar-refractivity contribution in [2.24, 2.45) is 5.92 Å². The highest BCUT2D eigenvalue weighted by atomic mass is 32.2. The van der Waals surface area contributed by atoms with E-state index in [9.17, 15) is 8.42 Å². The maximum atomic E-state index is 12.1. The summed E-state index contributed by atoms with van der Waals surface area (Å²) in [6, 6.07) is 10.1. The number of benzene rings is 1. The number of rotatable bonds is 6. The highest BCUT2D eigenvalue weighted by Crippen LogP contribution is 2.23. The number of piperidine rings is 1. The topological polar surface area (TPSA) is 58.6 Å². The molecule has 1 aromatic rings. The molecule has 0 spiro atoms. The molecule has 2 saturated heterocycles. The van der Waals surface area contributed by atoms with Gasteiger partial charge in [0.2, 0.25) is 10.0 Å². The zero-order valence-corrected chi connectivity index (χ0v) is 15.5. The first-order valence-electron chi connectivity index (χ1n) is 9.17. The number of likely N-dealkylation sites (tertiary alicyclic amines) is 1. The molecule has 5 nitrogen and oxygen atoms in total. The average molecular weight is 365 g/mol. The van der Waals surface area contributed by atoms with Gasteiger partial charge < -0.3 is 9.64 Å². The predicted octanol–water partition coefficient (Wildman–Crippen LogP) is 2.47. The van der Waals surface area contributed by atoms with Crippen LogP contribution in [-0.4, -0.2) is 52.2 Å². The van der Waals surface area contributed by atoms with E-state index in [4.69, 9.17) is 4.74 Å². The summed E-state index contributed by atoms with van der Waals surface area (Å²) >= 11 is 0. The zero-order chi connectivity index (χ0) is 17.5. The fraction of sp³-hybridized carbons (Fsp3) is 0.579. The van der Waals surface area contributed by atoms with Gasteiger partial charge in [-0.15, -0.1) is 0 Å². The van der Waals surface area contributed by atoms with Gasteiger partial charge in [0.1, 0.15) is 0 Å². The molecule has 0 bridgehead atoms. The summed E-state index contributed by atoms with van der Waals surface area (Å²) in [4.78, 5) is 2.56. The second-order valence-electron chi connectivity index (χ2n) is 6.93. The van der Waals surface area contributed by atoms with Crippen LogP contribution in [0.5, 0.6) is 0 Å². The Balaban J connectivity index is 1.42. The minimum atomic E-state index is -3.37. The van der Waals surface area contributed by atoms with Crippen LogP contribution >= 0.6 is 0 Å². The van der Waals surface area contributed by atoms with E-state index in [0.29, 0.717) is 18.5 Å². The molecule has 0 unspecified atom stereocenters. The first-order valence-corrected chi connectivity index (χ1v) is 10.7. The molecule has 1 N–H and O–H groups in total. The molecule has 0 aliphatic carbocycles. The third kappa shape index (κ3) is 5.92. The van der Waals surface area contributed by atoms with Crippen molar-refractivity contribution in [3.05, 3.63) is 41.3 Å². The molecule has 138 valence electrons. The summed E-state index contributed by atoms with van der Waals surface area (Å²) in [7, 11) is -3.37. The van der Waals surface area contributed by atoms with Gasteiger partial charge in [-0.05, 0) is 56.3 Å². The largest absolute Gasteiger partial charge is 0.381 e. The summed E-state index contributed by atoms with van der Waals surface area (Å²) in [5, 5.41) is 1.26. The first kappa shape index (κ1) is 18.6. The Kier molecular flexibility index (Phi) is 6.64. The molecular formula is C19H28N2O3S. The Bertz CT molecular complexity index is 647. The second kappa shape index (κ2) is 8.94. The van der Waals surface area contributed by atoms with E-state index >= 15 is 0 Å². The second-order valence-corrected chi connectivity index (χ2v) is 8.58. The lowest BCUT2D eigenvalue weighted by atomic mass is 9.94. The summed E-state index contributed by atoms with van der Waals surface area (Å²) in [6.45, 7) is 4.41. The Morgan fingerprint density at radius 2 is 1.76 bits per heavy atom. The van der Waals surface area contributed by atoms with E-state index in [1.807, 2.05) is 30.3 Å². The molecule has 0 radical (unpaired) electrons. The molecule has 1 aromatic carbocycles. The van der Waals surface area contributed by atoms with Gasteiger partial charge in [0, 0.05) is 31.2 Å². The van der Waals surface area contributed by atoms with Crippen LogP contribution in [-0.2, 0) is 14.8 Å². The Morgan fingerprint density at radius 3 is 2.44 bits per heavy atom. The van der Waals surface area contributed by atoms with Crippen LogP contribution in [0.2, 0.25) is 0 Å². The van der Waals surface area contributed by atoms with Gasteiger partial charge in [-0.1, -0.05) is 30.3 Å². The molecular weight excluding hydrogens is 336 g/mol. The zero-order valence-electron chi connectivity index (χ0n) is 14.6. The third-order valence-corrected chi connectivity index (χ3v) is 6.23. The van der Waals surface area contributed by atoms with E-state index in [0.717, 1.165) is 57.6 Å². The van der Waals surface area contributed by atoms with Crippen LogP contribution < -0.4 is 4.72 Å². The summed E-state index contributed by atoms with van der Waals surface area (Å²) in [5.74, 6) is 0.427. The van der Waals surface area contributed by atoms with Crippen molar-refractivity contribution in [3.63, 3.8) is 0 Å². The van der Waals surface area contributed by atoms with Crippen LogP contribution in [0.3, 0.4) is 0 Å². The van der Waals surface area contributed by atoms with Gasteiger partial charge in [0.15, 0.2) is 0 Å². The maximum absolute atomic E-state index is 12.1. The highest BCUT2D eigenvalue weighted by Gasteiger charge is 2.26.